The maximum Gasteiger partial charge on any atom is 0.342 e. The molecule has 1 atom stereocenters. The number of methoxy groups -OCH3 is 1. The molecule has 0 radical (unpaired) electrons. The monoisotopic (exact) mass is 402 g/mol. The summed E-state index contributed by atoms with van der Waals surface area (Å²) in [4.78, 5) is 34.9. The van der Waals surface area contributed by atoms with Gasteiger partial charge in [0, 0.05) is 18.7 Å². The topological polar surface area (TPSA) is 126 Å². The average Bonchev–Trinajstić information content (AvgIpc) is 3.19. The van der Waals surface area contributed by atoms with Gasteiger partial charge >= 0.3 is 5.97 Å². The van der Waals surface area contributed by atoms with Crippen molar-refractivity contribution in [1.82, 2.24) is 5.32 Å². The lowest BCUT2D eigenvalue weighted by molar-refractivity contribution is -0.384. The van der Waals surface area contributed by atoms with Crippen LogP contribution in [0.25, 0.3) is 0 Å². The molecule has 0 aliphatic carbocycles. The second-order valence-electron chi connectivity index (χ2n) is 6.09. The van der Waals surface area contributed by atoms with Gasteiger partial charge in [-0.1, -0.05) is 6.07 Å². The first-order valence-electron chi connectivity index (χ1n) is 8.58. The van der Waals surface area contributed by atoms with E-state index in [1.165, 1.54) is 26.2 Å². The number of non-ortho nitro benzene ring substituents is 1. The van der Waals surface area contributed by atoms with Gasteiger partial charge in [-0.15, -0.1) is 0 Å². The standard InChI is InChI=1S/C19H18N2O8/c1-11(18(22)20-9-12-3-5-16-17(7-12)28-10-27-16)29-19(23)14-8-13(21(24)25)4-6-15(14)26-2/h3-8,11H,9-10H2,1-2H3,(H,20,22). The van der Waals surface area contributed by atoms with Crippen LogP contribution in [-0.2, 0) is 16.1 Å². The fourth-order valence-corrected chi connectivity index (χ4v) is 2.63. The number of nitro groups is 1. The van der Waals surface area contributed by atoms with Crippen LogP contribution in [0.4, 0.5) is 5.69 Å². The summed E-state index contributed by atoms with van der Waals surface area (Å²) in [5, 5.41) is 13.6. The van der Waals surface area contributed by atoms with E-state index >= 15 is 0 Å². The van der Waals surface area contributed by atoms with Gasteiger partial charge in [0.1, 0.15) is 11.3 Å². The molecule has 1 N–H and O–H groups in total. The highest BCUT2D eigenvalue weighted by atomic mass is 16.7. The van der Waals surface area contributed by atoms with Crippen LogP contribution in [0.5, 0.6) is 17.2 Å². The summed E-state index contributed by atoms with van der Waals surface area (Å²) in [6, 6.07) is 8.79. The van der Waals surface area contributed by atoms with E-state index in [-0.39, 0.29) is 30.3 Å². The minimum atomic E-state index is -1.12. The Morgan fingerprint density at radius 3 is 2.69 bits per heavy atom. The molecule has 10 heteroatoms. The number of amides is 1. The summed E-state index contributed by atoms with van der Waals surface area (Å²) in [6.07, 6.45) is -1.12. The van der Waals surface area contributed by atoms with Crippen LogP contribution < -0.4 is 19.5 Å². The molecule has 0 bridgehead atoms. The smallest absolute Gasteiger partial charge is 0.342 e. The predicted octanol–water partition coefficient (Wildman–Crippen LogP) is 2.19. The second-order valence-corrected chi connectivity index (χ2v) is 6.09. The zero-order valence-corrected chi connectivity index (χ0v) is 15.7. The van der Waals surface area contributed by atoms with Gasteiger partial charge < -0.3 is 24.3 Å². The molecule has 1 amide bonds. The van der Waals surface area contributed by atoms with E-state index in [0.717, 1.165) is 11.6 Å². The first-order valence-corrected chi connectivity index (χ1v) is 8.58. The van der Waals surface area contributed by atoms with Crippen LogP contribution in [0.15, 0.2) is 36.4 Å². The number of benzene rings is 2. The van der Waals surface area contributed by atoms with Crippen LogP contribution in [0, 0.1) is 10.1 Å². The first kappa shape index (κ1) is 19.9. The number of carbonyl (C=O) groups is 2. The van der Waals surface area contributed by atoms with Crippen molar-refractivity contribution < 1.29 is 33.5 Å². The van der Waals surface area contributed by atoms with Gasteiger partial charge in [-0.3, -0.25) is 14.9 Å². The van der Waals surface area contributed by atoms with E-state index in [1.54, 1.807) is 18.2 Å². The Morgan fingerprint density at radius 2 is 1.97 bits per heavy atom. The van der Waals surface area contributed by atoms with Gasteiger partial charge in [0.15, 0.2) is 17.6 Å². The maximum absolute atomic E-state index is 12.4. The van der Waals surface area contributed by atoms with E-state index in [0.29, 0.717) is 11.5 Å². The fourth-order valence-electron chi connectivity index (χ4n) is 2.63. The van der Waals surface area contributed by atoms with Gasteiger partial charge in [0.25, 0.3) is 11.6 Å². The van der Waals surface area contributed by atoms with Crippen molar-refractivity contribution >= 4 is 17.6 Å². The number of nitro benzene ring substituents is 1. The van der Waals surface area contributed by atoms with E-state index in [4.69, 9.17) is 18.9 Å². The summed E-state index contributed by atoms with van der Waals surface area (Å²) in [6.45, 7) is 1.74. The minimum absolute atomic E-state index is 0.105. The molecular formula is C19H18N2O8. The minimum Gasteiger partial charge on any atom is -0.496 e. The Balaban J connectivity index is 1.61. The number of hydrogen-bond donors (Lipinski definition) is 1. The van der Waals surface area contributed by atoms with Crippen molar-refractivity contribution in [3.63, 3.8) is 0 Å². The molecule has 152 valence electrons. The highest BCUT2D eigenvalue weighted by Crippen LogP contribution is 2.32. The third-order valence-corrected chi connectivity index (χ3v) is 4.17. The Hall–Kier alpha value is -3.82. The summed E-state index contributed by atoms with van der Waals surface area (Å²) in [5.74, 6) is -0.104. The quantitative estimate of drug-likeness (QED) is 0.424. The fraction of sp³-hybridized carbons (Fsp3) is 0.263. The Morgan fingerprint density at radius 1 is 1.21 bits per heavy atom. The summed E-state index contributed by atoms with van der Waals surface area (Å²) in [5.41, 5.74) is 0.344. The number of fused-ring (bicyclic) bond motifs is 1. The molecule has 1 aliphatic rings. The molecule has 29 heavy (non-hydrogen) atoms. The number of nitrogens with zero attached hydrogens (tertiary/aromatic N) is 1. The highest BCUT2D eigenvalue weighted by Gasteiger charge is 2.23. The maximum atomic E-state index is 12.4. The number of hydrogen-bond acceptors (Lipinski definition) is 8. The first-order chi connectivity index (χ1) is 13.9. The molecule has 0 saturated heterocycles. The van der Waals surface area contributed by atoms with Crippen LogP contribution in [0.1, 0.15) is 22.8 Å². The molecule has 2 aromatic rings. The molecule has 2 aromatic carbocycles. The van der Waals surface area contributed by atoms with Crippen molar-refractivity contribution in [3.05, 3.63) is 57.6 Å². The van der Waals surface area contributed by atoms with Crippen LogP contribution in [0.3, 0.4) is 0 Å². The zero-order valence-electron chi connectivity index (χ0n) is 15.7. The Labute approximate surface area is 165 Å². The van der Waals surface area contributed by atoms with E-state index in [9.17, 15) is 19.7 Å². The molecule has 1 heterocycles. The molecule has 0 aromatic heterocycles. The molecule has 1 aliphatic heterocycles. The molecule has 0 fully saturated rings. The number of carbonyl (C=O) groups excluding carboxylic acids is 2. The van der Waals surface area contributed by atoms with Gasteiger partial charge in [0.2, 0.25) is 6.79 Å². The third kappa shape index (κ3) is 4.54. The lowest BCUT2D eigenvalue weighted by Crippen LogP contribution is -2.35. The van der Waals surface area contributed by atoms with Crippen LogP contribution in [-0.4, -0.2) is 36.8 Å². The van der Waals surface area contributed by atoms with Crippen molar-refractivity contribution in [2.45, 2.75) is 19.6 Å². The lowest BCUT2D eigenvalue weighted by Gasteiger charge is -2.15. The van der Waals surface area contributed by atoms with Crippen molar-refractivity contribution in [2.75, 3.05) is 13.9 Å². The van der Waals surface area contributed by atoms with Crippen molar-refractivity contribution in [1.29, 1.82) is 0 Å². The SMILES string of the molecule is COc1ccc([N+](=O)[O-])cc1C(=O)OC(C)C(=O)NCc1ccc2c(c1)OCO2. The number of ether oxygens (including phenoxy) is 4. The van der Waals surface area contributed by atoms with E-state index in [2.05, 4.69) is 5.32 Å². The van der Waals surface area contributed by atoms with Gasteiger partial charge in [-0.05, 0) is 30.7 Å². The Bertz CT molecular complexity index is 959. The molecule has 10 nitrogen and oxygen atoms in total. The molecule has 3 rings (SSSR count). The summed E-state index contributed by atoms with van der Waals surface area (Å²) < 4.78 is 20.7. The van der Waals surface area contributed by atoms with Gasteiger partial charge in [-0.2, -0.15) is 0 Å². The average molecular weight is 402 g/mol. The highest BCUT2D eigenvalue weighted by molar-refractivity contribution is 5.95. The van der Waals surface area contributed by atoms with Crippen LogP contribution >= 0.6 is 0 Å². The summed E-state index contributed by atoms with van der Waals surface area (Å²) >= 11 is 0. The molecular weight excluding hydrogens is 384 g/mol. The summed E-state index contributed by atoms with van der Waals surface area (Å²) in [7, 11) is 1.32. The number of esters is 1. The van der Waals surface area contributed by atoms with E-state index in [1.807, 2.05) is 0 Å². The van der Waals surface area contributed by atoms with Crippen LogP contribution in [0.2, 0.25) is 0 Å². The zero-order chi connectivity index (χ0) is 21.0. The second kappa shape index (κ2) is 8.46. The van der Waals surface area contributed by atoms with Gasteiger partial charge in [0.05, 0.1) is 12.0 Å². The molecule has 0 saturated carbocycles. The molecule has 1 unspecified atom stereocenters. The van der Waals surface area contributed by atoms with Crippen molar-refractivity contribution in [2.24, 2.45) is 0 Å². The Kier molecular flexibility index (Phi) is 5.82. The largest absolute Gasteiger partial charge is 0.496 e. The van der Waals surface area contributed by atoms with E-state index < -0.39 is 22.9 Å². The van der Waals surface area contributed by atoms with Gasteiger partial charge in [-0.25, -0.2) is 4.79 Å². The third-order valence-electron chi connectivity index (χ3n) is 4.17. The predicted molar refractivity (Wildman–Crippen MR) is 98.9 cm³/mol. The lowest BCUT2D eigenvalue weighted by atomic mass is 10.1. The normalized spacial score (nSPS) is 12.8. The number of nitrogens with one attached hydrogen (secondary N) is 1. The van der Waals surface area contributed by atoms with Crippen molar-refractivity contribution in [3.8, 4) is 17.2 Å². The number of rotatable bonds is 7. The molecule has 0 spiro atoms.